The summed E-state index contributed by atoms with van der Waals surface area (Å²) in [7, 11) is 2.45. The van der Waals surface area contributed by atoms with Crippen molar-refractivity contribution in [2.24, 2.45) is 58.7 Å². The van der Waals surface area contributed by atoms with Gasteiger partial charge in [-0.2, -0.15) is 0 Å². The Hall–Kier alpha value is 0.0649. The Morgan fingerprint density at radius 1 is 1.05 bits per heavy atom. The van der Waals surface area contributed by atoms with E-state index in [-0.39, 0.29) is 0 Å². The maximum absolute atomic E-state index is 2.71. The van der Waals surface area contributed by atoms with Crippen molar-refractivity contribution in [1.29, 1.82) is 0 Å². The molecule has 0 saturated heterocycles. The van der Waals surface area contributed by atoms with Gasteiger partial charge in [0.2, 0.25) is 0 Å². The molecule has 1 heteroatoms. The number of hydrogen-bond acceptors (Lipinski definition) is 0. The van der Waals surface area contributed by atoms with E-state index in [0.29, 0.717) is 10.7 Å². The van der Waals surface area contributed by atoms with Crippen LogP contribution in [-0.2, 0) is 0 Å². The van der Waals surface area contributed by atoms with Gasteiger partial charge in [0.05, 0.1) is 0 Å². The predicted molar refractivity (Wildman–Crippen MR) is 93.0 cm³/mol. The molecule has 21 heavy (non-hydrogen) atoms. The van der Waals surface area contributed by atoms with Crippen LogP contribution < -0.4 is 0 Å². The first-order valence-corrected chi connectivity index (χ1v) is 9.65. The second-order valence-electron chi connectivity index (χ2n) is 11.1. The SMILES string of the molecule is BC(C)(C)CC1C(C)C2C3CC(C)(C4C(C)CC(C)C34)C12. The Bertz CT molecular complexity index is 449. The average molecular weight is 286 g/mol. The monoisotopic (exact) mass is 286 g/mol. The standard InChI is InChI=1S/C20H35B/c1-10-7-11(2)17-15(10)14-9-20(17,6)18-13(8-19(4,5)21)12(3)16(14)18/h10-18H,7-9,21H2,1-6H3. The summed E-state index contributed by atoms with van der Waals surface area (Å²) in [6, 6.07) is 0. The van der Waals surface area contributed by atoms with Crippen LogP contribution in [0, 0.1) is 58.7 Å². The summed E-state index contributed by atoms with van der Waals surface area (Å²) in [6.45, 7) is 15.3. The zero-order valence-corrected chi connectivity index (χ0v) is 15.3. The highest BCUT2D eigenvalue weighted by Crippen LogP contribution is 2.79. The molecule has 118 valence electrons. The fraction of sp³-hybridized carbons (Fsp3) is 1.00. The van der Waals surface area contributed by atoms with Crippen molar-refractivity contribution in [3.63, 3.8) is 0 Å². The van der Waals surface area contributed by atoms with Crippen LogP contribution in [0.5, 0.6) is 0 Å². The van der Waals surface area contributed by atoms with E-state index in [0.717, 1.165) is 53.3 Å². The van der Waals surface area contributed by atoms with E-state index >= 15 is 0 Å². The summed E-state index contributed by atoms with van der Waals surface area (Å²) < 4.78 is 0. The molecule has 0 radical (unpaired) electrons. The summed E-state index contributed by atoms with van der Waals surface area (Å²) in [5.41, 5.74) is 0.701. The van der Waals surface area contributed by atoms with E-state index in [1.165, 1.54) is 12.8 Å². The summed E-state index contributed by atoms with van der Waals surface area (Å²) in [5.74, 6) is 9.44. The Balaban J connectivity index is 1.65. The van der Waals surface area contributed by atoms with Crippen LogP contribution in [0.15, 0.2) is 0 Å². The third kappa shape index (κ3) is 1.70. The van der Waals surface area contributed by atoms with Crippen molar-refractivity contribution in [2.45, 2.75) is 66.1 Å². The lowest BCUT2D eigenvalue weighted by Gasteiger charge is -2.61. The van der Waals surface area contributed by atoms with E-state index < -0.39 is 0 Å². The van der Waals surface area contributed by atoms with Gasteiger partial charge in [0.15, 0.2) is 0 Å². The van der Waals surface area contributed by atoms with Crippen molar-refractivity contribution in [3.8, 4) is 0 Å². The van der Waals surface area contributed by atoms with E-state index in [4.69, 9.17) is 0 Å². The summed E-state index contributed by atoms with van der Waals surface area (Å²) in [4.78, 5) is 0. The van der Waals surface area contributed by atoms with Crippen LogP contribution in [0.2, 0.25) is 5.31 Å². The molecule has 0 spiro atoms. The summed E-state index contributed by atoms with van der Waals surface area (Å²) in [6.07, 6.45) is 4.55. The zero-order chi connectivity index (χ0) is 15.3. The van der Waals surface area contributed by atoms with Gasteiger partial charge in [-0.25, -0.2) is 0 Å². The fourth-order valence-electron chi connectivity index (χ4n) is 8.62. The molecule has 0 aliphatic heterocycles. The Morgan fingerprint density at radius 3 is 2.33 bits per heavy atom. The Kier molecular flexibility index (Phi) is 2.87. The van der Waals surface area contributed by atoms with Gasteiger partial charge in [0.25, 0.3) is 0 Å². The van der Waals surface area contributed by atoms with Crippen molar-refractivity contribution < 1.29 is 0 Å². The molecule has 4 aliphatic carbocycles. The van der Waals surface area contributed by atoms with Gasteiger partial charge in [0, 0.05) is 0 Å². The third-order valence-corrected chi connectivity index (χ3v) is 8.62. The molecule has 0 aromatic carbocycles. The first-order chi connectivity index (χ1) is 9.65. The van der Waals surface area contributed by atoms with Crippen molar-refractivity contribution in [3.05, 3.63) is 0 Å². The Labute approximate surface area is 133 Å². The molecule has 0 nitrogen and oxygen atoms in total. The first kappa shape index (κ1) is 14.6. The first-order valence-electron chi connectivity index (χ1n) is 9.65. The van der Waals surface area contributed by atoms with Gasteiger partial charge in [-0.1, -0.05) is 53.3 Å². The molecule has 10 atom stereocenters. The minimum Gasteiger partial charge on any atom is -0.0672 e. The largest absolute Gasteiger partial charge is 0.108 e. The molecule has 4 saturated carbocycles. The predicted octanol–water partition coefficient (Wildman–Crippen LogP) is 4.65. The highest BCUT2D eigenvalue weighted by atomic mass is 14.8. The molecule has 0 heterocycles. The Morgan fingerprint density at radius 2 is 1.71 bits per heavy atom. The topological polar surface area (TPSA) is 0 Å². The van der Waals surface area contributed by atoms with Gasteiger partial charge in [-0.05, 0) is 71.5 Å². The molecule has 4 fully saturated rings. The maximum Gasteiger partial charge on any atom is 0.108 e. The number of hydrogen-bond donors (Lipinski definition) is 0. The van der Waals surface area contributed by atoms with Crippen molar-refractivity contribution in [2.75, 3.05) is 0 Å². The highest BCUT2D eigenvalue weighted by Gasteiger charge is 2.74. The van der Waals surface area contributed by atoms with Gasteiger partial charge >= 0.3 is 0 Å². The smallest absolute Gasteiger partial charge is 0.0672 e. The molecule has 4 rings (SSSR count). The molecule has 0 aromatic heterocycles. The zero-order valence-electron chi connectivity index (χ0n) is 15.3. The maximum atomic E-state index is 2.71. The van der Waals surface area contributed by atoms with Gasteiger partial charge in [-0.3, -0.25) is 0 Å². The van der Waals surface area contributed by atoms with Crippen LogP contribution >= 0.6 is 0 Å². The lowest BCUT2D eigenvalue weighted by Crippen LogP contribution is -2.57. The van der Waals surface area contributed by atoms with Crippen LogP contribution in [-0.4, -0.2) is 7.85 Å². The summed E-state index contributed by atoms with van der Waals surface area (Å²) in [5, 5.41) is 0.510. The molecule has 0 aromatic rings. The molecule has 0 N–H and O–H groups in total. The summed E-state index contributed by atoms with van der Waals surface area (Å²) >= 11 is 0. The van der Waals surface area contributed by atoms with E-state index in [2.05, 4.69) is 49.4 Å². The van der Waals surface area contributed by atoms with Crippen molar-refractivity contribution in [1.82, 2.24) is 0 Å². The average Bonchev–Trinajstić information content (AvgIpc) is 2.90. The molecular formula is C20H35B. The van der Waals surface area contributed by atoms with Crippen LogP contribution in [0.3, 0.4) is 0 Å². The van der Waals surface area contributed by atoms with Crippen molar-refractivity contribution >= 4 is 7.85 Å². The van der Waals surface area contributed by atoms with E-state index in [1.807, 2.05) is 0 Å². The van der Waals surface area contributed by atoms with Crippen LogP contribution in [0.4, 0.5) is 0 Å². The number of rotatable bonds is 2. The van der Waals surface area contributed by atoms with Crippen LogP contribution in [0.25, 0.3) is 0 Å². The molecule has 2 bridgehead atoms. The normalized spacial score (nSPS) is 61.5. The molecule has 0 amide bonds. The quantitative estimate of drug-likeness (QED) is 0.648. The second-order valence-corrected chi connectivity index (χ2v) is 11.1. The number of fused-ring (bicyclic) bond motifs is 8. The molecule has 10 unspecified atom stereocenters. The molecular weight excluding hydrogens is 251 g/mol. The third-order valence-electron chi connectivity index (χ3n) is 8.62. The highest BCUT2D eigenvalue weighted by molar-refractivity contribution is 6.14. The molecule has 4 aliphatic rings. The lowest BCUT2D eigenvalue weighted by atomic mass is 9.42. The van der Waals surface area contributed by atoms with Gasteiger partial charge in [0.1, 0.15) is 7.85 Å². The van der Waals surface area contributed by atoms with Gasteiger partial charge in [-0.15, -0.1) is 0 Å². The fourth-order valence-corrected chi connectivity index (χ4v) is 8.62. The van der Waals surface area contributed by atoms with Crippen LogP contribution in [0.1, 0.15) is 60.8 Å². The minimum atomic E-state index is 0.510. The van der Waals surface area contributed by atoms with E-state index in [9.17, 15) is 0 Å². The second kappa shape index (κ2) is 4.12. The van der Waals surface area contributed by atoms with Gasteiger partial charge < -0.3 is 0 Å². The minimum absolute atomic E-state index is 0.510. The lowest BCUT2D eigenvalue weighted by molar-refractivity contribution is -0.135. The van der Waals surface area contributed by atoms with E-state index in [1.54, 1.807) is 6.42 Å².